The van der Waals surface area contributed by atoms with Crippen molar-refractivity contribution in [1.29, 1.82) is 0 Å². The molecule has 134 valence electrons. The predicted molar refractivity (Wildman–Crippen MR) is 97.0 cm³/mol. The van der Waals surface area contributed by atoms with Crippen LogP contribution in [0.3, 0.4) is 0 Å². The van der Waals surface area contributed by atoms with Gasteiger partial charge in [-0.15, -0.1) is 0 Å². The highest BCUT2D eigenvalue weighted by Gasteiger charge is 2.13. The van der Waals surface area contributed by atoms with Gasteiger partial charge in [0.15, 0.2) is 0 Å². The molecule has 0 aliphatic heterocycles. The zero-order valence-electron chi connectivity index (χ0n) is 14.3. The molecule has 0 saturated heterocycles. The van der Waals surface area contributed by atoms with Crippen LogP contribution in [0.15, 0.2) is 71.9 Å². The van der Waals surface area contributed by atoms with Crippen LogP contribution >= 0.6 is 0 Å². The summed E-state index contributed by atoms with van der Waals surface area (Å²) in [6, 6.07) is 13.3. The SMILES string of the molecule is O=C(Cn1cnc(-c2noc(-c3ccncc3)n2)c1)NCc1ccccc1. The van der Waals surface area contributed by atoms with Crippen LogP contribution in [-0.4, -0.2) is 30.6 Å². The summed E-state index contributed by atoms with van der Waals surface area (Å²) in [5.41, 5.74) is 2.37. The second-order valence-electron chi connectivity index (χ2n) is 5.85. The summed E-state index contributed by atoms with van der Waals surface area (Å²) in [6.07, 6.45) is 6.59. The fourth-order valence-electron chi connectivity index (χ4n) is 2.52. The highest BCUT2D eigenvalue weighted by molar-refractivity contribution is 5.75. The van der Waals surface area contributed by atoms with Crippen LogP contribution in [-0.2, 0) is 17.9 Å². The van der Waals surface area contributed by atoms with E-state index in [0.29, 0.717) is 24.0 Å². The summed E-state index contributed by atoms with van der Waals surface area (Å²) < 4.78 is 6.94. The van der Waals surface area contributed by atoms with Crippen molar-refractivity contribution in [2.45, 2.75) is 13.1 Å². The van der Waals surface area contributed by atoms with Crippen molar-refractivity contribution in [2.75, 3.05) is 0 Å². The molecule has 0 aliphatic rings. The lowest BCUT2D eigenvalue weighted by atomic mass is 10.2. The van der Waals surface area contributed by atoms with Crippen molar-refractivity contribution < 1.29 is 9.32 Å². The molecular weight excluding hydrogens is 344 g/mol. The number of aromatic nitrogens is 5. The molecule has 8 nitrogen and oxygen atoms in total. The van der Waals surface area contributed by atoms with Crippen LogP contribution in [0.25, 0.3) is 23.0 Å². The lowest BCUT2D eigenvalue weighted by molar-refractivity contribution is -0.121. The lowest BCUT2D eigenvalue weighted by Gasteiger charge is -2.05. The molecule has 4 rings (SSSR count). The van der Waals surface area contributed by atoms with Crippen molar-refractivity contribution in [3.8, 4) is 23.0 Å². The molecule has 27 heavy (non-hydrogen) atoms. The topological polar surface area (TPSA) is 98.7 Å². The molecule has 3 heterocycles. The van der Waals surface area contributed by atoms with Crippen LogP contribution in [0.1, 0.15) is 5.56 Å². The minimum Gasteiger partial charge on any atom is -0.350 e. The van der Waals surface area contributed by atoms with Crippen LogP contribution in [0.5, 0.6) is 0 Å². The van der Waals surface area contributed by atoms with E-state index >= 15 is 0 Å². The molecule has 0 atom stereocenters. The number of rotatable bonds is 6. The Morgan fingerprint density at radius 1 is 1.11 bits per heavy atom. The standard InChI is InChI=1S/C19H16N6O2/c26-17(21-10-14-4-2-1-3-5-14)12-25-11-16(22-13-25)18-23-19(27-24-18)15-6-8-20-9-7-15/h1-9,11,13H,10,12H2,(H,21,26). The van der Waals surface area contributed by atoms with Gasteiger partial charge in [0, 0.05) is 30.7 Å². The van der Waals surface area contributed by atoms with E-state index in [1.165, 1.54) is 0 Å². The highest BCUT2D eigenvalue weighted by atomic mass is 16.5. The van der Waals surface area contributed by atoms with E-state index in [4.69, 9.17) is 4.52 Å². The Kier molecular flexibility index (Phi) is 4.69. The molecule has 1 aromatic carbocycles. The normalized spacial score (nSPS) is 10.7. The number of hydrogen-bond donors (Lipinski definition) is 1. The number of imidazole rings is 1. The average Bonchev–Trinajstić information content (AvgIpc) is 3.37. The number of nitrogens with one attached hydrogen (secondary N) is 1. The molecule has 0 radical (unpaired) electrons. The third kappa shape index (κ3) is 4.06. The van der Waals surface area contributed by atoms with Crippen molar-refractivity contribution in [3.63, 3.8) is 0 Å². The first kappa shape index (κ1) is 16.6. The van der Waals surface area contributed by atoms with E-state index in [9.17, 15) is 4.79 Å². The van der Waals surface area contributed by atoms with Gasteiger partial charge in [-0.1, -0.05) is 35.5 Å². The van der Waals surface area contributed by atoms with Crippen LogP contribution < -0.4 is 5.32 Å². The Morgan fingerprint density at radius 2 is 1.93 bits per heavy atom. The number of carbonyl (C=O) groups excluding carboxylic acids is 1. The molecule has 0 aliphatic carbocycles. The van der Waals surface area contributed by atoms with Gasteiger partial charge in [0.25, 0.3) is 5.89 Å². The summed E-state index contributed by atoms with van der Waals surface area (Å²) in [7, 11) is 0. The smallest absolute Gasteiger partial charge is 0.258 e. The maximum atomic E-state index is 12.1. The van der Waals surface area contributed by atoms with Gasteiger partial charge in [-0.05, 0) is 17.7 Å². The molecule has 0 saturated carbocycles. The largest absolute Gasteiger partial charge is 0.350 e. The first-order chi connectivity index (χ1) is 13.3. The Balaban J connectivity index is 1.39. The summed E-state index contributed by atoms with van der Waals surface area (Å²) in [4.78, 5) is 24.7. The third-order valence-corrected chi connectivity index (χ3v) is 3.87. The Labute approximate surface area is 154 Å². The third-order valence-electron chi connectivity index (χ3n) is 3.87. The van der Waals surface area contributed by atoms with Crippen molar-refractivity contribution in [2.24, 2.45) is 0 Å². The zero-order chi connectivity index (χ0) is 18.5. The maximum Gasteiger partial charge on any atom is 0.258 e. The molecule has 0 fully saturated rings. The maximum absolute atomic E-state index is 12.1. The monoisotopic (exact) mass is 360 g/mol. The van der Waals surface area contributed by atoms with Gasteiger partial charge < -0.3 is 14.4 Å². The first-order valence-corrected chi connectivity index (χ1v) is 8.35. The molecule has 1 N–H and O–H groups in total. The van der Waals surface area contributed by atoms with E-state index in [2.05, 4.69) is 25.4 Å². The molecule has 0 bridgehead atoms. The molecule has 3 aromatic heterocycles. The molecule has 8 heteroatoms. The Bertz CT molecular complexity index is 1030. The highest BCUT2D eigenvalue weighted by Crippen LogP contribution is 2.20. The van der Waals surface area contributed by atoms with Crippen LogP contribution in [0, 0.1) is 0 Å². The number of benzene rings is 1. The number of pyridine rings is 1. The van der Waals surface area contributed by atoms with Gasteiger partial charge >= 0.3 is 0 Å². The van der Waals surface area contributed by atoms with E-state index < -0.39 is 0 Å². The van der Waals surface area contributed by atoms with E-state index in [-0.39, 0.29) is 12.5 Å². The van der Waals surface area contributed by atoms with Crippen molar-refractivity contribution >= 4 is 5.91 Å². The van der Waals surface area contributed by atoms with Crippen molar-refractivity contribution in [3.05, 3.63) is 72.9 Å². The Hall–Kier alpha value is -3.81. The molecular formula is C19H16N6O2. The van der Waals surface area contributed by atoms with Gasteiger partial charge in [0.05, 0.1) is 6.33 Å². The summed E-state index contributed by atoms with van der Waals surface area (Å²) in [5.74, 6) is 0.654. The minimum atomic E-state index is -0.103. The predicted octanol–water partition coefficient (Wildman–Crippen LogP) is 2.31. The molecule has 1 amide bonds. The van der Waals surface area contributed by atoms with Gasteiger partial charge in [0.1, 0.15) is 12.2 Å². The molecule has 0 unspecified atom stereocenters. The van der Waals surface area contributed by atoms with Crippen LogP contribution in [0.2, 0.25) is 0 Å². The number of amides is 1. The van der Waals surface area contributed by atoms with E-state index in [1.54, 1.807) is 41.6 Å². The fraction of sp³-hybridized carbons (Fsp3) is 0.105. The Morgan fingerprint density at radius 3 is 2.74 bits per heavy atom. The summed E-state index contributed by atoms with van der Waals surface area (Å²) in [5, 5.41) is 6.83. The van der Waals surface area contributed by atoms with E-state index in [1.807, 2.05) is 30.3 Å². The lowest BCUT2D eigenvalue weighted by Crippen LogP contribution is -2.26. The van der Waals surface area contributed by atoms with Gasteiger partial charge in [-0.25, -0.2) is 4.98 Å². The summed E-state index contributed by atoms with van der Waals surface area (Å²) in [6.45, 7) is 0.649. The fourth-order valence-corrected chi connectivity index (χ4v) is 2.52. The number of nitrogens with zero attached hydrogens (tertiary/aromatic N) is 5. The van der Waals surface area contributed by atoms with E-state index in [0.717, 1.165) is 11.1 Å². The van der Waals surface area contributed by atoms with Crippen LogP contribution in [0.4, 0.5) is 0 Å². The second-order valence-corrected chi connectivity index (χ2v) is 5.85. The minimum absolute atomic E-state index is 0.103. The quantitative estimate of drug-likeness (QED) is 0.566. The number of hydrogen-bond acceptors (Lipinski definition) is 6. The first-order valence-electron chi connectivity index (χ1n) is 8.35. The molecule has 4 aromatic rings. The van der Waals surface area contributed by atoms with Gasteiger partial charge in [-0.3, -0.25) is 9.78 Å². The zero-order valence-corrected chi connectivity index (χ0v) is 14.3. The second kappa shape index (κ2) is 7.61. The van der Waals surface area contributed by atoms with Gasteiger partial charge in [0.2, 0.25) is 11.7 Å². The van der Waals surface area contributed by atoms with Crippen molar-refractivity contribution in [1.82, 2.24) is 30.0 Å². The summed E-state index contributed by atoms with van der Waals surface area (Å²) >= 11 is 0. The average molecular weight is 360 g/mol. The van der Waals surface area contributed by atoms with Gasteiger partial charge in [-0.2, -0.15) is 4.98 Å². The number of carbonyl (C=O) groups is 1. The molecule has 0 spiro atoms.